The van der Waals surface area contributed by atoms with E-state index in [1.807, 2.05) is 0 Å². The summed E-state index contributed by atoms with van der Waals surface area (Å²) in [5, 5.41) is 57.5. The summed E-state index contributed by atoms with van der Waals surface area (Å²) in [7, 11) is 0. The lowest BCUT2D eigenvalue weighted by Crippen LogP contribution is -2.57. The van der Waals surface area contributed by atoms with E-state index < -0.39 is 83.8 Å². The molecule has 8 atom stereocenters. The van der Waals surface area contributed by atoms with Crippen LogP contribution < -0.4 is 0 Å². The van der Waals surface area contributed by atoms with Crippen LogP contribution in [0.15, 0.2) is 43.2 Å². The van der Waals surface area contributed by atoms with Crippen molar-refractivity contribution in [1.29, 1.82) is 0 Å². The molecule has 250 valence electrons. The van der Waals surface area contributed by atoms with Crippen LogP contribution in [0, 0.1) is 17.5 Å². The van der Waals surface area contributed by atoms with Gasteiger partial charge in [-0.2, -0.15) is 0 Å². The number of carboxylic acid groups (broad SMARTS) is 1. The van der Waals surface area contributed by atoms with Crippen LogP contribution in [0.25, 0.3) is 22.5 Å². The second kappa shape index (κ2) is 14.0. The van der Waals surface area contributed by atoms with E-state index in [2.05, 4.69) is 30.6 Å². The smallest absolute Gasteiger partial charge is 0.329 e. The van der Waals surface area contributed by atoms with Gasteiger partial charge in [0.25, 0.3) is 0 Å². The van der Waals surface area contributed by atoms with Gasteiger partial charge in [0.2, 0.25) is 0 Å². The summed E-state index contributed by atoms with van der Waals surface area (Å²) in [5.41, 5.74) is -0.312. The minimum atomic E-state index is -1.67. The number of hydrogen-bond donors (Lipinski definition) is 4. The van der Waals surface area contributed by atoms with E-state index in [1.165, 1.54) is 17.2 Å². The monoisotopic (exact) mass is 680 g/mol. The zero-order valence-corrected chi connectivity index (χ0v) is 24.8. The maximum absolute atomic E-state index is 13.9. The highest BCUT2D eigenvalue weighted by Crippen LogP contribution is 2.41. The van der Waals surface area contributed by atoms with Gasteiger partial charge in [-0.1, -0.05) is 10.4 Å². The molecule has 4 aromatic rings. The lowest BCUT2D eigenvalue weighted by atomic mass is 9.97. The Morgan fingerprint density at radius 2 is 1.64 bits per heavy atom. The van der Waals surface area contributed by atoms with E-state index in [0.717, 1.165) is 16.4 Å². The van der Waals surface area contributed by atoms with Crippen molar-refractivity contribution in [3.63, 3.8) is 0 Å². The zero-order valence-electron chi connectivity index (χ0n) is 24.0. The quantitative estimate of drug-likeness (QED) is 0.165. The molecule has 0 spiro atoms. The van der Waals surface area contributed by atoms with Gasteiger partial charge in [0.1, 0.15) is 60.2 Å². The number of carbonyl (C=O) groups is 1. The second-order valence-electron chi connectivity index (χ2n) is 10.7. The van der Waals surface area contributed by atoms with E-state index in [1.54, 1.807) is 18.6 Å². The molecule has 0 aliphatic carbocycles. The summed E-state index contributed by atoms with van der Waals surface area (Å²) < 4.78 is 61.4. The largest absolute Gasteiger partial charge is 0.480 e. The Hall–Kier alpha value is -4.05. The summed E-state index contributed by atoms with van der Waals surface area (Å²) in [5.74, 6) is -5.92. The van der Waals surface area contributed by atoms with Gasteiger partial charge >= 0.3 is 5.97 Å². The van der Waals surface area contributed by atoms with Crippen molar-refractivity contribution in [3.05, 3.63) is 60.7 Å². The first kappa shape index (κ1) is 32.9. The molecule has 2 unspecified atom stereocenters. The van der Waals surface area contributed by atoms with Crippen LogP contribution in [0.2, 0.25) is 0 Å². The molecule has 16 nitrogen and oxygen atoms in total. The van der Waals surface area contributed by atoms with Crippen molar-refractivity contribution in [2.24, 2.45) is 0 Å². The van der Waals surface area contributed by atoms with E-state index in [-0.39, 0.29) is 24.5 Å². The number of rotatable bonds is 10. The number of aromatic nitrogens is 8. The fourth-order valence-corrected chi connectivity index (χ4v) is 6.82. The zero-order chi connectivity index (χ0) is 33.2. The fraction of sp³-hybridized carbons (Fsp3) is 0.444. The number of aliphatic carboxylic acids is 1. The topological polar surface area (TPSA) is 213 Å². The van der Waals surface area contributed by atoms with E-state index >= 15 is 0 Å². The number of aliphatic hydroxyl groups excluding tert-OH is 3. The Balaban J connectivity index is 1.27. The number of thioether (sulfide) groups is 1. The SMILES string of the molecule is O=C(O)COC1C(n2cc(-c3cc(F)c(F)c(F)c3)nn2)[C@@H](O)[C@@H](CO)O[C@H]1S[C@@H]1COC[C@H](n2cc(-c3cncnc3)nn2)[C@H]1O. The predicted octanol–water partition coefficient (Wildman–Crippen LogP) is 0.234. The molecule has 4 N–H and O–H groups in total. The standard InChI is InChI=1S/C27H27F3N8O8S/c28-14-1-12(2-15(29)22(14)30)16-6-38(36-33-16)23-25(43)19(7-39)46-27(26(23)45-10-21(40)41)47-20-9-44-8-18(24(20)42)37-5-17(34-35-37)13-3-31-11-32-4-13/h1-6,11,18-20,23-27,39,42-43H,7-10H2,(H,40,41)/t18-,19+,20+,23?,24+,25-,26?,27-/m0/s1. The van der Waals surface area contributed by atoms with Gasteiger partial charge < -0.3 is 34.6 Å². The maximum atomic E-state index is 13.9. The van der Waals surface area contributed by atoms with E-state index in [4.69, 9.17) is 14.2 Å². The van der Waals surface area contributed by atoms with E-state index in [0.29, 0.717) is 23.4 Å². The molecule has 2 aliphatic heterocycles. The van der Waals surface area contributed by atoms with Crippen LogP contribution in [0.5, 0.6) is 0 Å². The van der Waals surface area contributed by atoms with Gasteiger partial charge in [0, 0.05) is 23.5 Å². The summed E-state index contributed by atoms with van der Waals surface area (Å²) in [6.45, 7) is -1.38. The highest BCUT2D eigenvalue weighted by molar-refractivity contribution is 8.00. The Labute approximate surface area is 267 Å². The van der Waals surface area contributed by atoms with Crippen LogP contribution >= 0.6 is 11.8 Å². The molecular formula is C27H27F3N8O8S. The Morgan fingerprint density at radius 3 is 2.32 bits per heavy atom. The number of hydrogen-bond acceptors (Lipinski definition) is 14. The predicted molar refractivity (Wildman–Crippen MR) is 152 cm³/mol. The molecule has 0 saturated carbocycles. The summed E-state index contributed by atoms with van der Waals surface area (Å²) in [6.07, 6.45) is 2.13. The number of benzene rings is 1. The van der Waals surface area contributed by atoms with Crippen molar-refractivity contribution in [2.75, 3.05) is 26.4 Å². The third kappa shape index (κ3) is 6.84. The third-order valence-electron chi connectivity index (χ3n) is 7.68. The summed E-state index contributed by atoms with van der Waals surface area (Å²) >= 11 is 1.02. The molecular weight excluding hydrogens is 653 g/mol. The van der Waals surface area contributed by atoms with Gasteiger partial charge in [-0.25, -0.2) is 37.3 Å². The van der Waals surface area contributed by atoms with Crippen LogP contribution in [0.4, 0.5) is 13.2 Å². The first-order chi connectivity index (χ1) is 22.6. The number of aliphatic hydroxyl groups is 3. The van der Waals surface area contributed by atoms with Gasteiger partial charge in [-0.05, 0) is 12.1 Å². The average Bonchev–Trinajstić information content (AvgIpc) is 3.75. The molecule has 47 heavy (non-hydrogen) atoms. The summed E-state index contributed by atoms with van der Waals surface area (Å²) in [6, 6.07) is -0.517. The van der Waals surface area contributed by atoms with Crippen LogP contribution in [-0.4, -0.2) is 128 Å². The Bertz CT molecular complexity index is 1680. The molecule has 20 heteroatoms. The first-order valence-corrected chi connectivity index (χ1v) is 15.0. The first-order valence-electron chi connectivity index (χ1n) is 14.1. The minimum absolute atomic E-state index is 0.0358. The van der Waals surface area contributed by atoms with Crippen LogP contribution in [0.1, 0.15) is 12.1 Å². The maximum Gasteiger partial charge on any atom is 0.329 e. The lowest BCUT2D eigenvalue weighted by Gasteiger charge is -2.45. The fourth-order valence-electron chi connectivity index (χ4n) is 5.35. The van der Waals surface area contributed by atoms with Gasteiger partial charge in [-0.3, -0.25) is 0 Å². The molecule has 3 aromatic heterocycles. The van der Waals surface area contributed by atoms with Crippen molar-refractivity contribution in [1.82, 2.24) is 40.0 Å². The Morgan fingerprint density at radius 1 is 0.979 bits per heavy atom. The molecule has 5 heterocycles. The molecule has 2 saturated heterocycles. The highest BCUT2D eigenvalue weighted by atomic mass is 32.2. The van der Waals surface area contributed by atoms with Gasteiger partial charge in [0.15, 0.2) is 17.5 Å². The normalized spacial score (nSPS) is 28.0. The number of nitrogens with zero attached hydrogens (tertiary/aromatic N) is 8. The van der Waals surface area contributed by atoms with Gasteiger partial charge in [-0.15, -0.1) is 22.0 Å². The molecule has 0 amide bonds. The number of halogens is 3. The number of carboxylic acids is 1. The highest BCUT2D eigenvalue weighted by Gasteiger charge is 2.50. The van der Waals surface area contributed by atoms with Crippen LogP contribution in [0.3, 0.4) is 0 Å². The van der Waals surface area contributed by atoms with Gasteiger partial charge in [0.05, 0.1) is 43.6 Å². The van der Waals surface area contributed by atoms with Crippen molar-refractivity contribution in [2.45, 2.75) is 47.2 Å². The summed E-state index contributed by atoms with van der Waals surface area (Å²) in [4.78, 5) is 19.5. The molecule has 0 bridgehead atoms. The Kier molecular flexibility index (Phi) is 9.77. The average molecular weight is 681 g/mol. The molecule has 2 fully saturated rings. The van der Waals surface area contributed by atoms with E-state index in [9.17, 15) is 38.4 Å². The number of ether oxygens (including phenoxy) is 3. The molecule has 2 aliphatic rings. The lowest BCUT2D eigenvalue weighted by molar-refractivity contribution is -0.197. The van der Waals surface area contributed by atoms with Crippen molar-refractivity contribution in [3.8, 4) is 22.5 Å². The minimum Gasteiger partial charge on any atom is -0.480 e. The van der Waals surface area contributed by atoms with Crippen LogP contribution in [-0.2, 0) is 19.0 Å². The molecule has 0 radical (unpaired) electrons. The molecule has 6 rings (SSSR count). The second-order valence-corrected chi connectivity index (χ2v) is 12.0. The van der Waals surface area contributed by atoms with Crippen molar-refractivity contribution < 1.29 is 52.6 Å². The molecule has 1 aromatic carbocycles. The third-order valence-corrected chi connectivity index (χ3v) is 9.09. The van der Waals surface area contributed by atoms with Crippen molar-refractivity contribution >= 4 is 17.7 Å².